The van der Waals surface area contributed by atoms with Crippen molar-refractivity contribution >= 4 is 17.6 Å². The van der Waals surface area contributed by atoms with Crippen molar-refractivity contribution in [3.8, 4) is 0 Å². The van der Waals surface area contributed by atoms with Crippen LogP contribution in [0.5, 0.6) is 0 Å². The third-order valence-electron chi connectivity index (χ3n) is 3.89. The van der Waals surface area contributed by atoms with Crippen molar-refractivity contribution in [2.75, 3.05) is 0 Å². The van der Waals surface area contributed by atoms with Gasteiger partial charge in [-0.25, -0.2) is 4.99 Å². The molecule has 1 atom stereocenters. The number of amides is 1. The molecular formula is C24H27N3O. The monoisotopic (exact) mass is 373 g/mol. The van der Waals surface area contributed by atoms with Crippen LogP contribution in [0.25, 0.3) is 0 Å². The molecule has 0 saturated heterocycles. The molecule has 0 heterocycles. The minimum Gasteiger partial charge on any atom is -0.326 e. The summed E-state index contributed by atoms with van der Waals surface area (Å²) in [7, 11) is 0. The van der Waals surface area contributed by atoms with Gasteiger partial charge in [0.15, 0.2) is 0 Å². The molecule has 0 spiro atoms. The SMILES string of the molecule is C=C(/C=C\C=C/C)NC(=Nc1ccccc1)NC(=O)/C=C/C1=CCC(C)C=C1. The Hall–Kier alpha value is -3.40. The predicted molar refractivity (Wildman–Crippen MR) is 118 cm³/mol. The number of benzene rings is 1. The standard InChI is InChI=1S/C24H27N3O/c1-4-5-7-10-20(3)25-24(26-22-11-8-6-9-12-22)27-23(28)18-17-21-15-13-19(2)14-16-21/h4-13,15-19H,3,14H2,1-2H3,(H2,25,26,27,28)/b5-4-,10-7-,18-17+. The Kier molecular flexibility index (Phi) is 8.47. The van der Waals surface area contributed by atoms with E-state index in [-0.39, 0.29) is 5.91 Å². The molecule has 4 nitrogen and oxygen atoms in total. The van der Waals surface area contributed by atoms with Crippen molar-refractivity contribution in [1.82, 2.24) is 10.6 Å². The van der Waals surface area contributed by atoms with E-state index in [1.807, 2.05) is 61.6 Å². The van der Waals surface area contributed by atoms with Crippen molar-refractivity contribution in [2.24, 2.45) is 10.9 Å². The molecule has 1 aliphatic carbocycles. The van der Waals surface area contributed by atoms with Crippen LogP contribution in [0.4, 0.5) is 5.69 Å². The molecule has 0 bridgehead atoms. The van der Waals surface area contributed by atoms with E-state index in [0.29, 0.717) is 17.6 Å². The van der Waals surface area contributed by atoms with Crippen LogP contribution >= 0.6 is 0 Å². The number of guanidine groups is 1. The fourth-order valence-electron chi connectivity index (χ4n) is 2.39. The second-order valence-corrected chi connectivity index (χ2v) is 6.43. The molecule has 2 rings (SSSR count). The molecule has 0 radical (unpaired) electrons. The fourth-order valence-corrected chi connectivity index (χ4v) is 2.39. The molecule has 0 aromatic heterocycles. The molecule has 28 heavy (non-hydrogen) atoms. The first-order chi connectivity index (χ1) is 13.6. The van der Waals surface area contributed by atoms with Gasteiger partial charge in [-0.2, -0.15) is 0 Å². The quantitative estimate of drug-likeness (QED) is 0.315. The summed E-state index contributed by atoms with van der Waals surface area (Å²) in [6.07, 6.45) is 18.1. The van der Waals surface area contributed by atoms with Crippen LogP contribution < -0.4 is 10.6 Å². The average molecular weight is 374 g/mol. The molecule has 1 aliphatic rings. The van der Waals surface area contributed by atoms with Crippen LogP contribution in [0.3, 0.4) is 0 Å². The summed E-state index contributed by atoms with van der Waals surface area (Å²) < 4.78 is 0. The number of allylic oxidation sites excluding steroid dienone is 9. The Morgan fingerprint density at radius 3 is 2.64 bits per heavy atom. The normalized spacial score (nSPS) is 17.3. The summed E-state index contributed by atoms with van der Waals surface area (Å²) in [6, 6.07) is 9.42. The Labute approximate surface area is 167 Å². The smallest absolute Gasteiger partial charge is 0.250 e. The van der Waals surface area contributed by atoms with Crippen molar-refractivity contribution in [3.63, 3.8) is 0 Å². The minimum absolute atomic E-state index is 0.264. The Morgan fingerprint density at radius 2 is 1.96 bits per heavy atom. The van der Waals surface area contributed by atoms with Gasteiger partial charge in [-0.3, -0.25) is 10.1 Å². The number of carbonyl (C=O) groups excluding carboxylic acids is 1. The summed E-state index contributed by atoms with van der Waals surface area (Å²) in [5.41, 5.74) is 2.37. The van der Waals surface area contributed by atoms with Crippen LogP contribution in [0.1, 0.15) is 20.3 Å². The number of para-hydroxylation sites is 1. The molecule has 1 aromatic carbocycles. The molecule has 1 amide bonds. The zero-order valence-electron chi connectivity index (χ0n) is 16.4. The summed E-state index contributed by atoms with van der Waals surface area (Å²) in [5, 5.41) is 5.82. The first-order valence-electron chi connectivity index (χ1n) is 9.33. The number of hydrogen-bond donors (Lipinski definition) is 2. The second-order valence-electron chi connectivity index (χ2n) is 6.43. The van der Waals surface area contributed by atoms with E-state index in [1.54, 1.807) is 12.2 Å². The molecule has 0 aliphatic heterocycles. The fraction of sp³-hybridized carbons (Fsp3) is 0.167. The number of nitrogens with zero attached hydrogens (tertiary/aromatic N) is 1. The topological polar surface area (TPSA) is 53.5 Å². The number of rotatable bonds is 6. The highest BCUT2D eigenvalue weighted by molar-refractivity contribution is 6.03. The molecule has 2 N–H and O–H groups in total. The zero-order valence-corrected chi connectivity index (χ0v) is 16.4. The number of aliphatic imine (C=N–C) groups is 1. The van der Waals surface area contributed by atoms with E-state index in [1.165, 1.54) is 6.08 Å². The maximum atomic E-state index is 12.4. The Bertz CT molecular complexity index is 855. The predicted octanol–water partition coefficient (Wildman–Crippen LogP) is 5.10. The van der Waals surface area contributed by atoms with Crippen molar-refractivity contribution < 1.29 is 4.79 Å². The molecule has 144 valence electrons. The molecular weight excluding hydrogens is 346 g/mol. The molecule has 1 aromatic rings. The van der Waals surface area contributed by atoms with E-state index in [4.69, 9.17) is 0 Å². The van der Waals surface area contributed by atoms with Gasteiger partial charge in [0, 0.05) is 11.8 Å². The number of nitrogens with one attached hydrogen (secondary N) is 2. The maximum absolute atomic E-state index is 12.4. The van der Waals surface area contributed by atoms with Crippen molar-refractivity contribution in [3.05, 3.63) is 103 Å². The van der Waals surface area contributed by atoms with Gasteiger partial charge in [-0.05, 0) is 49.1 Å². The van der Waals surface area contributed by atoms with E-state index < -0.39 is 0 Å². The Morgan fingerprint density at radius 1 is 1.18 bits per heavy atom. The minimum atomic E-state index is -0.264. The van der Waals surface area contributed by atoms with Gasteiger partial charge in [0.2, 0.25) is 5.96 Å². The third kappa shape index (κ3) is 7.87. The first-order valence-corrected chi connectivity index (χ1v) is 9.33. The highest BCUT2D eigenvalue weighted by atomic mass is 16.1. The number of carbonyl (C=O) groups is 1. The summed E-state index contributed by atoms with van der Waals surface area (Å²) in [5.74, 6) is 0.597. The summed E-state index contributed by atoms with van der Waals surface area (Å²) >= 11 is 0. The third-order valence-corrected chi connectivity index (χ3v) is 3.89. The highest BCUT2D eigenvalue weighted by Gasteiger charge is 2.05. The molecule has 1 unspecified atom stereocenters. The number of hydrogen-bond acceptors (Lipinski definition) is 2. The van der Waals surface area contributed by atoms with Crippen molar-refractivity contribution in [1.29, 1.82) is 0 Å². The van der Waals surface area contributed by atoms with E-state index in [0.717, 1.165) is 17.7 Å². The lowest BCUT2D eigenvalue weighted by Gasteiger charge is -2.11. The van der Waals surface area contributed by atoms with E-state index in [2.05, 4.69) is 41.3 Å². The van der Waals surface area contributed by atoms with Crippen LogP contribution in [-0.2, 0) is 4.79 Å². The van der Waals surface area contributed by atoms with Gasteiger partial charge in [-0.1, -0.05) is 68.2 Å². The van der Waals surface area contributed by atoms with Crippen molar-refractivity contribution in [2.45, 2.75) is 20.3 Å². The van der Waals surface area contributed by atoms with Crippen LogP contribution in [-0.4, -0.2) is 11.9 Å². The largest absolute Gasteiger partial charge is 0.326 e. The van der Waals surface area contributed by atoms with Crippen LogP contribution in [0.2, 0.25) is 0 Å². The van der Waals surface area contributed by atoms with Gasteiger partial charge in [0.25, 0.3) is 5.91 Å². The summed E-state index contributed by atoms with van der Waals surface area (Å²) in [6.45, 7) is 8.04. The molecule has 4 heteroatoms. The van der Waals surface area contributed by atoms with Gasteiger partial charge in [-0.15, -0.1) is 0 Å². The molecule has 0 fully saturated rings. The van der Waals surface area contributed by atoms with Gasteiger partial charge >= 0.3 is 0 Å². The van der Waals surface area contributed by atoms with Gasteiger partial charge in [0.05, 0.1) is 5.69 Å². The molecule has 0 saturated carbocycles. The van der Waals surface area contributed by atoms with Crippen LogP contribution in [0.15, 0.2) is 108 Å². The lowest BCUT2D eigenvalue weighted by molar-refractivity contribution is -0.115. The Balaban J connectivity index is 2.08. The van der Waals surface area contributed by atoms with E-state index in [9.17, 15) is 4.79 Å². The first kappa shape index (κ1) is 20.9. The van der Waals surface area contributed by atoms with Gasteiger partial charge < -0.3 is 5.32 Å². The highest BCUT2D eigenvalue weighted by Crippen LogP contribution is 2.16. The van der Waals surface area contributed by atoms with E-state index >= 15 is 0 Å². The lowest BCUT2D eigenvalue weighted by atomic mass is 9.98. The van der Waals surface area contributed by atoms with Gasteiger partial charge in [0.1, 0.15) is 0 Å². The lowest BCUT2D eigenvalue weighted by Crippen LogP contribution is -2.39. The maximum Gasteiger partial charge on any atom is 0.250 e. The summed E-state index contributed by atoms with van der Waals surface area (Å²) in [4.78, 5) is 16.8. The second kappa shape index (κ2) is 11.3. The zero-order chi connectivity index (χ0) is 20.2. The average Bonchev–Trinajstić information content (AvgIpc) is 2.68. The van der Waals surface area contributed by atoms with Crippen LogP contribution in [0, 0.1) is 5.92 Å².